The summed E-state index contributed by atoms with van der Waals surface area (Å²) in [6.07, 6.45) is 1.02. The minimum absolute atomic E-state index is 0. The van der Waals surface area contributed by atoms with Gasteiger partial charge in [0.1, 0.15) is 5.76 Å². The molecule has 1 N–H and O–H groups in total. The van der Waals surface area contributed by atoms with Gasteiger partial charge in [0.05, 0.1) is 0 Å². The van der Waals surface area contributed by atoms with Crippen LogP contribution >= 0.6 is 12.4 Å². The Labute approximate surface area is 101 Å². The van der Waals surface area contributed by atoms with Crippen LogP contribution in [0, 0.1) is 6.92 Å². The molecule has 0 bridgehead atoms. The molecule has 0 aromatic carbocycles. The summed E-state index contributed by atoms with van der Waals surface area (Å²) in [7, 11) is 1.93. The molecular weight excluding hydrogens is 228 g/mol. The van der Waals surface area contributed by atoms with Crippen molar-refractivity contribution < 1.29 is 9.21 Å². The van der Waals surface area contributed by atoms with Gasteiger partial charge < -0.3 is 14.6 Å². The van der Waals surface area contributed by atoms with Gasteiger partial charge in [0.25, 0.3) is 5.91 Å². The summed E-state index contributed by atoms with van der Waals surface area (Å²) in [5.41, 5.74) is 0. The Morgan fingerprint density at radius 1 is 1.56 bits per heavy atom. The minimum Gasteiger partial charge on any atom is -0.456 e. The third-order valence-electron chi connectivity index (χ3n) is 2.83. The van der Waals surface area contributed by atoms with E-state index in [0.717, 1.165) is 25.3 Å². The zero-order valence-corrected chi connectivity index (χ0v) is 10.3. The average molecular weight is 245 g/mol. The molecule has 1 atom stereocenters. The number of halogens is 1. The second-order valence-electron chi connectivity index (χ2n) is 3.94. The highest BCUT2D eigenvalue weighted by Crippen LogP contribution is 2.15. The molecule has 2 heterocycles. The molecule has 1 saturated heterocycles. The number of nitrogens with zero attached hydrogens (tertiary/aromatic N) is 1. The Morgan fingerprint density at radius 3 is 2.81 bits per heavy atom. The van der Waals surface area contributed by atoms with E-state index in [2.05, 4.69) is 5.32 Å². The van der Waals surface area contributed by atoms with Gasteiger partial charge in [-0.3, -0.25) is 4.79 Å². The van der Waals surface area contributed by atoms with Gasteiger partial charge in [-0.05, 0) is 32.5 Å². The molecule has 1 aromatic rings. The molecular formula is C11H17ClN2O2. The number of carbonyl (C=O) groups excluding carboxylic acids is 1. The number of hydrogen-bond acceptors (Lipinski definition) is 3. The van der Waals surface area contributed by atoms with Crippen LogP contribution < -0.4 is 5.32 Å². The molecule has 1 aliphatic heterocycles. The predicted octanol–water partition coefficient (Wildman–Crippen LogP) is 1.44. The molecule has 1 amide bonds. The van der Waals surface area contributed by atoms with Gasteiger partial charge in [0.2, 0.25) is 0 Å². The molecule has 1 aliphatic rings. The van der Waals surface area contributed by atoms with Crippen molar-refractivity contribution in [1.29, 1.82) is 0 Å². The summed E-state index contributed by atoms with van der Waals surface area (Å²) in [6, 6.07) is 3.98. The first-order chi connectivity index (χ1) is 7.20. The quantitative estimate of drug-likeness (QED) is 0.857. The fraction of sp³-hybridized carbons (Fsp3) is 0.545. The van der Waals surface area contributed by atoms with Crippen LogP contribution in [-0.2, 0) is 0 Å². The third-order valence-corrected chi connectivity index (χ3v) is 2.83. The molecule has 1 aromatic heterocycles. The van der Waals surface area contributed by atoms with Gasteiger partial charge in [-0.2, -0.15) is 0 Å². The molecule has 0 aliphatic carbocycles. The largest absolute Gasteiger partial charge is 0.456 e. The second-order valence-corrected chi connectivity index (χ2v) is 3.94. The molecule has 0 radical (unpaired) electrons. The third kappa shape index (κ3) is 2.57. The number of amides is 1. The van der Waals surface area contributed by atoms with E-state index in [0.29, 0.717) is 11.8 Å². The van der Waals surface area contributed by atoms with Gasteiger partial charge in [0.15, 0.2) is 5.76 Å². The Morgan fingerprint density at radius 2 is 2.31 bits per heavy atom. The molecule has 2 rings (SSSR count). The van der Waals surface area contributed by atoms with E-state index < -0.39 is 0 Å². The van der Waals surface area contributed by atoms with Crippen molar-refractivity contribution >= 4 is 18.3 Å². The Bertz CT molecular complexity index is 365. The van der Waals surface area contributed by atoms with Crippen LogP contribution in [0.25, 0.3) is 0 Å². The van der Waals surface area contributed by atoms with Crippen molar-refractivity contribution in [3.05, 3.63) is 23.7 Å². The van der Waals surface area contributed by atoms with E-state index in [9.17, 15) is 4.79 Å². The highest BCUT2D eigenvalue weighted by atomic mass is 35.5. The van der Waals surface area contributed by atoms with Crippen molar-refractivity contribution in [1.82, 2.24) is 10.2 Å². The lowest BCUT2D eigenvalue weighted by Crippen LogP contribution is -2.33. The van der Waals surface area contributed by atoms with Crippen molar-refractivity contribution in [3.63, 3.8) is 0 Å². The summed E-state index contributed by atoms with van der Waals surface area (Å²) < 4.78 is 5.31. The van der Waals surface area contributed by atoms with E-state index in [-0.39, 0.29) is 18.3 Å². The molecule has 4 nitrogen and oxygen atoms in total. The van der Waals surface area contributed by atoms with Crippen LogP contribution in [0.3, 0.4) is 0 Å². The molecule has 90 valence electrons. The molecule has 1 unspecified atom stereocenters. The smallest absolute Gasteiger partial charge is 0.289 e. The number of likely N-dealkylation sites (N-methyl/N-ethyl adjacent to an activating group) is 1. The average Bonchev–Trinajstić information content (AvgIpc) is 2.84. The van der Waals surface area contributed by atoms with Crippen molar-refractivity contribution in [3.8, 4) is 0 Å². The van der Waals surface area contributed by atoms with Crippen LogP contribution in [0.4, 0.5) is 0 Å². The zero-order chi connectivity index (χ0) is 10.8. The first kappa shape index (κ1) is 13.1. The number of hydrogen-bond donors (Lipinski definition) is 1. The summed E-state index contributed by atoms with van der Waals surface area (Å²) in [4.78, 5) is 13.8. The lowest BCUT2D eigenvalue weighted by atomic mass is 10.3. The van der Waals surface area contributed by atoms with Gasteiger partial charge in [-0.25, -0.2) is 0 Å². The fourth-order valence-corrected chi connectivity index (χ4v) is 1.89. The van der Waals surface area contributed by atoms with E-state index in [4.69, 9.17) is 4.42 Å². The number of rotatable bonds is 2. The van der Waals surface area contributed by atoms with Crippen LogP contribution in [0.5, 0.6) is 0 Å². The van der Waals surface area contributed by atoms with Crippen LogP contribution in [0.1, 0.15) is 22.7 Å². The second kappa shape index (κ2) is 5.37. The van der Waals surface area contributed by atoms with Gasteiger partial charge in [0, 0.05) is 19.1 Å². The molecule has 16 heavy (non-hydrogen) atoms. The first-order valence-electron chi connectivity index (χ1n) is 5.23. The Hall–Kier alpha value is -1.00. The van der Waals surface area contributed by atoms with Crippen molar-refractivity contribution in [2.24, 2.45) is 0 Å². The summed E-state index contributed by atoms with van der Waals surface area (Å²) in [5.74, 6) is 1.23. The lowest BCUT2D eigenvalue weighted by molar-refractivity contribution is 0.0757. The highest BCUT2D eigenvalue weighted by molar-refractivity contribution is 5.91. The van der Waals surface area contributed by atoms with Gasteiger partial charge in [-0.15, -0.1) is 12.4 Å². The maximum atomic E-state index is 11.9. The molecule has 0 saturated carbocycles. The number of furan rings is 1. The number of likely N-dealkylation sites (tertiary alicyclic amines) is 1. The van der Waals surface area contributed by atoms with Crippen molar-refractivity contribution in [2.45, 2.75) is 19.4 Å². The van der Waals surface area contributed by atoms with E-state index in [1.165, 1.54) is 0 Å². The standard InChI is InChI=1S/C11H16N2O2.ClH/c1-8-3-4-10(15-8)11(14)13-6-5-9(7-13)12-2;/h3-4,9,12H,5-7H2,1-2H3;1H. The Balaban J connectivity index is 0.00000128. The van der Waals surface area contributed by atoms with Gasteiger partial charge >= 0.3 is 0 Å². The Kier molecular flexibility index (Phi) is 4.38. The van der Waals surface area contributed by atoms with Gasteiger partial charge in [-0.1, -0.05) is 0 Å². The maximum absolute atomic E-state index is 11.9. The highest BCUT2D eigenvalue weighted by Gasteiger charge is 2.27. The number of carbonyl (C=O) groups is 1. The summed E-state index contributed by atoms with van der Waals surface area (Å²) >= 11 is 0. The first-order valence-corrected chi connectivity index (χ1v) is 5.23. The molecule has 0 spiro atoms. The van der Waals surface area contributed by atoms with Crippen LogP contribution in [0.15, 0.2) is 16.5 Å². The normalized spacial score (nSPS) is 19.6. The monoisotopic (exact) mass is 244 g/mol. The number of aryl methyl sites for hydroxylation is 1. The SMILES string of the molecule is CNC1CCN(C(=O)c2ccc(C)o2)C1.Cl. The van der Waals surface area contributed by atoms with Crippen molar-refractivity contribution in [2.75, 3.05) is 20.1 Å². The van der Waals surface area contributed by atoms with Crippen LogP contribution in [0.2, 0.25) is 0 Å². The van der Waals surface area contributed by atoms with Crippen LogP contribution in [-0.4, -0.2) is 37.0 Å². The predicted molar refractivity (Wildman–Crippen MR) is 64.1 cm³/mol. The molecule has 5 heteroatoms. The lowest BCUT2D eigenvalue weighted by Gasteiger charge is -2.14. The van der Waals surface area contributed by atoms with E-state index in [1.54, 1.807) is 6.07 Å². The molecule has 1 fully saturated rings. The summed E-state index contributed by atoms with van der Waals surface area (Å²) in [5, 5.41) is 3.18. The number of nitrogens with one attached hydrogen (secondary N) is 1. The maximum Gasteiger partial charge on any atom is 0.289 e. The van der Waals surface area contributed by atoms with E-state index >= 15 is 0 Å². The zero-order valence-electron chi connectivity index (χ0n) is 9.53. The minimum atomic E-state index is 0. The fourth-order valence-electron chi connectivity index (χ4n) is 1.89. The summed E-state index contributed by atoms with van der Waals surface area (Å²) in [6.45, 7) is 3.43. The topological polar surface area (TPSA) is 45.5 Å². The van der Waals surface area contributed by atoms with E-state index in [1.807, 2.05) is 24.9 Å².